The third-order valence-corrected chi connectivity index (χ3v) is 5.45. The molecule has 2 aliphatic rings. The number of phosphoric acid groups is 1. The second kappa shape index (κ2) is 6.21. The van der Waals surface area contributed by atoms with Crippen LogP contribution in [0.15, 0.2) is 17.1 Å². The van der Waals surface area contributed by atoms with Gasteiger partial charge in [-0.2, -0.15) is 4.98 Å². The lowest BCUT2D eigenvalue weighted by molar-refractivity contribution is -0.120. The summed E-state index contributed by atoms with van der Waals surface area (Å²) < 4.78 is 34.7. The minimum Gasteiger partial charge on any atom is -0.383 e. The molecule has 2 aliphatic heterocycles. The van der Waals surface area contributed by atoms with Crippen LogP contribution in [0.2, 0.25) is 0 Å². The Labute approximate surface area is 138 Å². The lowest BCUT2D eigenvalue weighted by Gasteiger charge is -2.37. The number of rotatable bonds is 5. The van der Waals surface area contributed by atoms with E-state index in [1.807, 2.05) is 6.92 Å². The van der Waals surface area contributed by atoms with Gasteiger partial charge in [0.25, 0.3) is 0 Å². The number of phosphoric ester groups is 1. The lowest BCUT2D eigenvalue weighted by Crippen LogP contribution is -2.49. The molecule has 2 saturated heterocycles. The zero-order chi connectivity index (χ0) is 17.5. The van der Waals surface area contributed by atoms with E-state index in [4.69, 9.17) is 19.7 Å². The summed E-state index contributed by atoms with van der Waals surface area (Å²) in [6.45, 7) is 2.26. The molecule has 0 radical (unpaired) electrons. The van der Waals surface area contributed by atoms with Gasteiger partial charge in [0.2, 0.25) is 0 Å². The molecule has 2 fully saturated rings. The van der Waals surface area contributed by atoms with Crippen molar-refractivity contribution in [3.63, 3.8) is 0 Å². The van der Waals surface area contributed by atoms with Crippen molar-refractivity contribution in [2.45, 2.75) is 43.8 Å². The Kier molecular flexibility index (Phi) is 4.54. The van der Waals surface area contributed by atoms with Crippen molar-refractivity contribution in [3.8, 4) is 0 Å². The lowest BCUT2D eigenvalue weighted by atomic mass is 9.87. The van der Waals surface area contributed by atoms with Gasteiger partial charge in [-0.3, -0.25) is 13.6 Å². The van der Waals surface area contributed by atoms with Gasteiger partial charge in [-0.25, -0.2) is 9.36 Å². The van der Waals surface area contributed by atoms with Crippen LogP contribution in [0.5, 0.6) is 0 Å². The number of hydrogen-bond donors (Lipinski definition) is 2. The minimum atomic E-state index is -4.25. The predicted octanol–water partition coefficient (Wildman–Crippen LogP) is 0.424. The molecule has 0 spiro atoms. The fraction of sp³-hybridized carbons (Fsp3) is 0.692. The summed E-state index contributed by atoms with van der Waals surface area (Å²) in [4.78, 5) is 25.5. The first-order chi connectivity index (χ1) is 11.3. The number of nitrogens with two attached hydrogens (primary N) is 1. The molecule has 1 aromatic rings. The van der Waals surface area contributed by atoms with E-state index in [-0.39, 0.29) is 5.82 Å². The van der Waals surface area contributed by atoms with Gasteiger partial charge in [0, 0.05) is 19.7 Å². The second-order valence-corrected chi connectivity index (χ2v) is 7.24. The first-order valence-corrected chi connectivity index (χ1v) is 9.02. The number of nitrogen functional groups attached to an aromatic ring is 1. The number of fused-ring (bicyclic) bond motifs is 2. The maximum Gasteiger partial charge on any atom is 0.472 e. The van der Waals surface area contributed by atoms with Crippen LogP contribution < -0.4 is 11.4 Å². The summed E-state index contributed by atoms with van der Waals surface area (Å²) in [5, 5.41) is 0. The van der Waals surface area contributed by atoms with Crippen LogP contribution in [0.1, 0.15) is 26.0 Å². The molecule has 3 rings (SSSR count). The summed E-state index contributed by atoms with van der Waals surface area (Å²) in [5.41, 5.74) is 4.05. The van der Waals surface area contributed by atoms with Crippen molar-refractivity contribution in [1.29, 1.82) is 0 Å². The smallest absolute Gasteiger partial charge is 0.383 e. The van der Waals surface area contributed by atoms with Crippen molar-refractivity contribution in [3.05, 3.63) is 22.7 Å². The van der Waals surface area contributed by atoms with Gasteiger partial charge in [-0.05, 0) is 12.5 Å². The van der Waals surface area contributed by atoms with Gasteiger partial charge < -0.3 is 20.1 Å². The quantitative estimate of drug-likeness (QED) is 0.715. The van der Waals surface area contributed by atoms with E-state index in [1.165, 1.54) is 16.8 Å². The monoisotopic (exact) mass is 361 g/mol. The molecule has 3 N–H and O–H groups in total. The largest absolute Gasteiger partial charge is 0.472 e. The maximum absolute atomic E-state index is 12.1. The van der Waals surface area contributed by atoms with Gasteiger partial charge in [-0.1, -0.05) is 6.92 Å². The van der Waals surface area contributed by atoms with Gasteiger partial charge >= 0.3 is 13.5 Å². The molecule has 0 saturated carbocycles. The van der Waals surface area contributed by atoms with E-state index in [9.17, 15) is 14.3 Å². The van der Waals surface area contributed by atoms with Crippen LogP contribution in [0.3, 0.4) is 0 Å². The first-order valence-electron chi connectivity index (χ1n) is 7.53. The third kappa shape index (κ3) is 2.90. The van der Waals surface area contributed by atoms with Crippen LogP contribution in [-0.4, -0.2) is 46.0 Å². The zero-order valence-electron chi connectivity index (χ0n) is 13.3. The number of ether oxygens (including phenoxy) is 2. The van der Waals surface area contributed by atoms with Crippen molar-refractivity contribution in [1.82, 2.24) is 9.55 Å². The van der Waals surface area contributed by atoms with E-state index in [2.05, 4.69) is 9.51 Å². The minimum absolute atomic E-state index is 0.0929. The SMILES string of the molecule is CC[C@]12CCOC(C1OP(=O)(O)OC)[C@H](n1ccc(N)nc1=O)O2. The molecule has 10 nitrogen and oxygen atoms in total. The van der Waals surface area contributed by atoms with Crippen LogP contribution in [0.4, 0.5) is 5.82 Å². The summed E-state index contributed by atoms with van der Waals surface area (Å²) in [7, 11) is -3.17. The van der Waals surface area contributed by atoms with Crippen LogP contribution in [0, 0.1) is 0 Å². The van der Waals surface area contributed by atoms with E-state index in [1.54, 1.807) is 0 Å². The number of nitrogens with zero attached hydrogens (tertiary/aromatic N) is 2. The molecule has 3 heterocycles. The van der Waals surface area contributed by atoms with Gasteiger partial charge in [0.05, 0.1) is 6.61 Å². The Hall–Kier alpha value is -1.29. The third-order valence-electron chi connectivity index (χ3n) is 4.49. The first kappa shape index (κ1) is 17.5. The van der Waals surface area contributed by atoms with Gasteiger partial charge in [0.1, 0.15) is 23.6 Å². The molecule has 24 heavy (non-hydrogen) atoms. The Morgan fingerprint density at radius 3 is 3.00 bits per heavy atom. The average molecular weight is 361 g/mol. The highest BCUT2D eigenvalue weighted by atomic mass is 31.2. The van der Waals surface area contributed by atoms with Crippen LogP contribution >= 0.6 is 7.82 Å². The predicted molar refractivity (Wildman–Crippen MR) is 82.1 cm³/mol. The second-order valence-electron chi connectivity index (χ2n) is 5.73. The Balaban J connectivity index is 1.99. The molecule has 0 amide bonds. The summed E-state index contributed by atoms with van der Waals surface area (Å²) in [6, 6.07) is 1.47. The number of anilines is 1. The van der Waals surface area contributed by atoms with Gasteiger partial charge in [-0.15, -0.1) is 0 Å². The maximum atomic E-state index is 12.1. The van der Waals surface area contributed by atoms with Crippen molar-refractivity contribution >= 4 is 13.6 Å². The summed E-state index contributed by atoms with van der Waals surface area (Å²) in [5.74, 6) is 0.0929. The van der Waals surface area contributed by atoms with E-state index in [0.717, 1.165) is 7.11 Å². The molecule has 0 aliphatic carbocycles. The average Bonchev–Trinajstić information content (AvgIpc) is 2.70. The fourth-order valence-corrected chi connectivity index (χ4v) is 3.89. The highest BCUT2D eigenvalue weighted by Crippen LogP contribution is 2.54. The normalized spacial score (nSPS) is 34.9. The topological polar surface area (TPSA) is 135 Å². The molecule has 2 bridgehead atoms. The van der Waals surface area contributed by atoms with Crippen molar-refractivity contribution in [2.75, 3.05) is 19.5 Å². The number of aromatic nitrogens is 2. The Morgan fingerprint density at radius 1 is 1.62 bits per heavy atom. The van der Waals surface area contributed by atoms with Crippen molar-refractivity contribution in [2.24, 2.45) is 0 Å². The highest BCUT2D eigenvalue weighted by Gasteiger charge is 2.60. The summed E-state index contributed by atoms with van der Waals surface area (Å²) >= 11 is 0. The highest BCUT2D eigenvalue weighted by molar-refractivity contribution is 7.47. The standard InChI is InChI=1S/C13H20N3O7P/c1-3-13-5-7-21-9(10(13)23-24(18,19)20-2)11(22-13)16-6-4-8(14)15-12(16)17/h4,6,9-11H,3,5,7H2,1-2H3,(H,18,19)(H2,14,15,17)/t9?,10?,11-,13+/m1/s1. The Bertz CT molecular complexity index is 726. The van der Waals surface area contributed by atoms with Gasteiger partial charge in [0.15, 0.2) is 6.23 Å². The molecule has 5 atom stereocenters. The molecular formula is C13H20N3O7P. The van der Waals surface area contributed by atoms with Crippen molar-refractivity contribution < 1.29 is 28.0 Å². The Morgan fingerprint density at radius 2 is 2.38 bits per heavy atom. The summed E-state index contributed by atoms with van der Waals surface area (Å²) in [6.07, 6.45) is -0.0279. The fourth-order valence-electron chi connectivity index (χ4n) is 3.20. The van der Waals surface area contributed by atoms with E-state index in [0.29, 0.717) is 19.4 Å². The molecule has 0 aromatic carbocycles. The molecule has 3 unspecified atom stereocenters. The number of hydrogen-bond acceptors (Lipinski definition) is 8. The van der Waals surface area contributed by atoms with E-state index >= 15 is 0 Å². The van der Waals surface area contributed by atoms with E-state index < -0.39 is 37.5 Å². The molecule has 11 heteroatoms. The molecule has 1 aromatic heterocycles. The molecular weight excluding hydrogens is 341 g/mol. The molecule has 134 valence electrons. The van der Waals surface area contributed by atoms with Crippen LogP contribution in [0.25, 0.3) is 0 Å². The zero-order valence-corrected chi connectivity index (χ0v) is 14.2. The van der Waals surface area contributed by atoms with Crippen LogP contribution in [-0.2, 0) is 23.1 Å².